The second kappa shape index (κ2) is 7.35. The smallest absolute Gasteiger partial charge is 0.312 e. The summed E-state index contributed by atoms with van der Waals surface area (Å²) < 4.78 is 12.2. The van der Waals surface area contributed by atoms with Crippen LogP contribution in [0.2, 0.25) is 0 Å². The van der Waals surface area contributed by atoms with Gasteiger partial charge < -0.3 is 14.8 Å². The van der Waals surface area contributed by atoms with Gasteiger partial charge in [0.05, 0.1) is 24.9 Å². The first-order valence-corrected chi connectivity index (χ1v) is 8.49. The molecule has 0 aliphatic heterocycles. The summed E-state index contributed by atoms with van der Waals surface area (Å²) in [5.74, 6) is -0.399. The second-order valence-corrected chi connectivity index (χ2v) is 6.20. The molecule has 1 amide bonds. The Labute approximate surface area is 148 Å². The van der Waals surface area contributed by atoms with Crippen LogP contribution < -0.4 is 10.1 Å². The van der Waals surface area contributed by atoms with Crippen LogP contribution in [0.5, 0.6) is 5.75 Å². The first-order valence-electron chi connectivity index (χ1n) is 7.61. The predicted molar refractivity (Wildman–Crippen MR) is 94.0 cm³/mol. The van der Waals surface area contributed by atoms with Gasteiger partial charge in [-0.05, 0) is 19.1 Å². The quantitative estimate of drug-likeness (QED) is 0.684. The molecule has 2 aromatic heterocycles. The summed E-state index contributed by atoms with van der Waals surface area (Å²) in [6.45, 7) is 1.52. The van der Waals surface area contributed by atoms with Crippen LogP contribution in [0.25, 0.3) is 4.96 Å². The number of anilines is 1. The largest absolute Gasteiger partial charge is 0.495 e. The van der Waals surface area contributed by atoms with Gasteiger partial charge in [-0.3, -0.25) is 14.0 Å². The van der Waals surface area contributed by atoms with Crippen molar-refractivity contribution in [1.82, 2.24) is 9.38 Å². The van der Waals surface area contributed by atoms with Crippen molar-refractivity contribution in [2.45, 2.75) is 19.4 Å². The van der Waals surface area contributed by atoms with Gasteiger partial charge in [-0.25, -0.2) is 4.98 Å². The molecule has 25 heavy (non-hydrogen) atoms. The van der Waals surface area contributed by atoms with Crippen LogP contribution in [-0.2, 0) is 20.7 Å². The summed E-state index contributed by atoms with van der Waals surface area (Å²) in [6.07, 6.45) is 2.72. The minimum absolute atomic E-state index is 0.0146. The fourth-order valence-electron chi connectivity index (χ4n) is 2.28. The third kappa shape index (κ3) is 3.97. The number of nitrogens with one attached hydrogen (secondary N) is 1. The average Bonchev–Trinajstić information content (AvgIpc) is 3.16. The van der Waals surface area contributed by atoms with E-state index in [0.717, 1.165) is 4.96 Å². The van der Waals surface area contributed by atoms with Gasteiger partial charge in [0.25, 0.3) is 5.91 Å². The number of carbonyl (C=O) groups excluding carboxylic acids is 2. The number of fused-ring (bicyclic) bond motifs is 1. The fourth-order valence-corrected chi connectivity index (χ4v) is 3.00. The number of ether oxygens (including phenoxy) is 2. The van der Waals surface area contributed by atoms with Crippen LogP contribution in [0, 0.1) is 0 Å². The SMILES string of the molecule is COc1ccccc1NC(=O)[C@H](C)OC(=O)Cc1cn2ccsc2n1. The lowest BCUT2D eigenvalue weighted by Crippen LogP contribution is -2.30. The number of esters is 1. The molecule has 0 bridgehead atoms. The highest BCUT2D eigenvalue weighted by atomic mass is 32.1. The topological polar surface area (TPSA) is 81.9 Å². The number of benzene rings is 1. The molecule has 3 aromatic rings. The summed E-state index contributed by atoms with van der Waals surface area (Å²) in [4.78, 5) is 29.4. The lowest BCUT2D eigenvalue weighted by molar-refractivity contribution is -0.152. The molecule has 0 radical (unpaired) electrons. The number of thiazole rings is 1. The number of imidazole rings is 1. The van der Waals surface area contributed by atoms with Crippen molar-refractivity contribution in [2.24, 2.45) is 0 Å². The van der Waals surface area contributed by atoms with Gasteiger partial charge >= 0.3 is 5.97 Å². The zero-order chi connectivity index (χ0) is 17.8. The van der Waals surface area contributed by atoms with Gasteiger partial charge in [-0.1, -0.05) is 12.1 Å². The number of carbonyl (C=O) groups is 2. The van der Waals surface area contributed by atoms with Crippen LogP contribution in [-0.4, -0.2) is 34.5 Å². The van der Waals surface area contributed by atoms with Crippen LogP contribution in [0.3, 0.4) is 0 Å². The number of amides is 1. The highest BCUT2D eigenvalue weighted by molar-refractivity contribution is 7.15. The van der Waals surface area contributed by atoms with Crippen LogP contribution in [0.1, 0.15) is 12.6 Å². The van der Waals surface area contributed by atoms with Crippen molar-refractivity contribution in [1.29, 1.82) is 0 Å². The first-order chi connectivity index (χ1) is 12.1. The van der Waals surface area contributed by atoms with E-state index in [4.69, 9.17) is 9.47 Å². The normalized spacial score (nSPS) is 11.9. The molecule has 0 saturated heterocycles. The molecule has 0 aliphatic carbocycles. The zero-order valence-corrected chi connectivity index (χ0v) is 14.6. The molecule has 0 spiro atoms. The molecule has 0 unspecified atom stereocenters. The van der Waals surface area contributed by atoms with Gasteiger partial charge in [-0.2, -0.15) is 0 Å². The van der Waals surface area contributed by atoms with E-state index in [-0.39, 0.29) is 6.42 Å². The number of hydrogen-bond acceptors (Lipinski definition) is 6. The maximum atomic E-state index is 12.2. The number of methoxy groups -OCH3 is 1. The highest BCUT2D eigenvalue weighted by Gasteiger charge is 2.20. The van der Waals surface area contributed by atoms with E-state index in [1.54, 1.807) is 30.5 Å². The van der Waals surface area contributed by atoms with E-state index in [0.29, 0.717) is 17.1 Å². The number of para-hydroxylation sites is 2. The molecule has 2 heterocycles. The molecular formula is C17H17N3O4S. The van der Waals surface area contributed by atoms with Crippen LogP contribution >= 0.6 is 11.3 Å². The molecule has 1 aromatic carbocycles. The summed E-state index contributed by atoms with van der Waals surface area (Å²) >= 11 is 1.48. The van der Waals surface area contributed by atoms with Crippen molar-refractivity contribution < 1.29 is 19.1 Å². The molecule has 1 atom stereocenters. The number of hydrogen-bond donors (Lipinski definition) is 1. The van der Waals surface area contributed by atoms with Crippen molar-refractivity contribution in [2.75, 3.05) is 12.4 Å². The average molecular weight is 359 g/mol. The Kier molecular flexibility index (Phi) is 4.99. The van der Waals surface area contributed by atoms with Crippen LogP contribution in [0.15, 0.2) is 42.0 Å². The molecule has 0 aliphatic rings. The van der Waals surface area contributed by atoms with Crippen molar-refractivity contribution in [3.05, 3.63) is 47.7 Å². The molecule has 7 nitrogen and oxygen atoms in total. The van der Waals surface area contributed by atoms with E-state index < -0.39 is 18.0 Å². The molecule has 1 N–H and O–H groups in total. The van der Waals surface area contributed by atoms with E-state index in [1.165, 1.54) is 25.4 Å². The number of aromatic nitrogens is 2. The van der Waals surface area contributed by atoms with E-state index in [9.17, 15) is 9.59 Å². The van der Waals surface area contributed by atoms with Crippen LogP contribution in [0.4, 0.5) is 5.69 Å². The zero-order valence-electron chi connectivity index (χ0n) is 13.8. The Morgan fingerprint density at radius 3 is 2.92 bits per heavy atom. The molecule has 3 rings (SSSR count). The Morgan fingerprint density at radius 1 is 1.36 bits per heavy atom. The maximum absolute atomic E-state index is 12.2. The molecule has 0 fully saturated rings. The lowest BCUT2D eigenvalue weighted by atomic mass is 10.2. The minimum Gasteiger partial charge on any atom is -0.495 e. The predicted octanol–water partition coefficient (Wildman–Crippen LogP) is 2.52. The standard InChI is InChI=1S/C17H17N3O4S/c1-11(16(22)19-13-5-3-4-6-14(13)23-2)24-15(21)9-12-10-20-7-8-25-17(20)18-12/h3-8,10-11H,9H2,1-2H3,(H,19,22)/t11-/m0/s1. The summed E-state index contributed by atoms with van der Waals surface area (Å²) in [5, 5.41) is 4.60. The molecule has 8 heteroatoms. The Hall–Kier alpha value is -2.87. The summed E-state index contributed by atoms with van der Waals surface area (Å²) in [5.41, 5.74) is 1.13. The van der Waals surface area contributed by atoms with Crippen molar-refractivity contribution >= 4 is 33.9 Å². The highest BCUT2D eigenvalue weighted by Crippen LogP contribution is 2.23. The van der Waals surface area contributed by atoms with Crippen molar-refractivity contribution in [3.8, 4) is 5.75 Å². The van der Waals surface area contributed by atoms with Gasteiger partial charge in [0.2, 0.25) is 0 Å². The van der Waals surface area contributed by atoms with Crippen molar-refractivity contribution in [3.63, 3.8) is 0 Å². The molecular weight excluding hydrogens is 342 g/mol. The van der Waals surface area contributed by atoms with Gasteiger partial charge in [0.15, 0.2) is 11.1 Å². The maximum Gasteiger partial charge on any atom is 0.312 e. The monoisotopic (exact) mass is 359 g/mol. The van der Waals surface area contributed by atoms with Gasteiger partial charge in [0.1, 0.15) is 5.75 Å². The van der Waals surface area contributed by atoms with Gasteiger partial charge in [-0.15, -0.1) is 11.3 Å². The lowest BCUT2D eigenvalue weighted by Gasteiger charge is -2.14. The third-order valence-corrected chi connectivity index (χ3v) is 4.28. The Morgan fingerprint density at radius 2 is 2.16 bits per heavy atom. The number of rotatable bonds is 6. The molecule has 130 valence electrons. The molecule has 0 saturated carbocycles. The second-order valence-electron chi connectivity index (χ2n) is 5.32. The van der Waals surface area contributed by atoms with E-state index >= 15 is 0 Å². The number of nitrogens with zero attached hydrogens (tertiary/aromatic N) is 2. The van der Waals surface area contributed by atoms with E-state index in [1.807, 2.05) is 16.0 Å². The summed E-state index contributed by atoms with van der Waals surface area (Å²) in [7, 11) is 1.52. The minimum atomic E-state index is -0.929. The summed E-state index contributed by atoms with van der Waals surface area (Å²) in [6, 6.07) is 7.02. The Bertz CT molecular complexity index is 874. The van der Waals surface area contributed by atoms with E-state index in [2.05, 4.69) is 10.3 Å². The third-order valence-electron chi connectivity index (χ3n) is 3.51. The van der Waals surface area contributed by atoms with Gasteiger partial charge in [0, 0.05) is 17.8 Å². The fraction of sp³-hybridized carbons (Fsp3) is 0.235. The Balaban J connectivity index is 1.57. The first kappa shape index (κ1) is 17.0.